The maximum Gasteiger partial charge on any atom is 0.131 e. The summed E-state index contributed by atoms with van der Waals surface area (Å²) in [5, 5.41) is 9.75. The topological polar surface area (TPSA) is 32.7 Å². The number of anilines is 1. The standard InChI is InChI=1S/C14H20FNO2/c1-10-9-16(7-4-8-18-10)13-6-3-5-12(15)14(13)11(2)17/h3,5-6,10-11,17H,4,7-9H2,1-2H3/t10?,11-/m0/s1. The first kappa shape index (κ1) is 13.3. The van der Waals surface area contributed by atoms with Gasteiger partial charge in [-0.2, -0.15) is 0 Å². The highest BCUT2D eigenvalue weighted by atomic mass is 19.1. The highest BCUT2D eigenvalue weighted by Crippen LogP contribution is 2.30. The van der Waals surface area contributed by atoms with Gasteiger partial charge in [-0.15, -0.1) is 0 Å². The number of rotatable bonds is 2. The molecule has 3 nitrogen and oxygen atoms in total. The van der Waals surface area contributed by atoms with E-state index in [1.807, 2.05) is 13.0 Å². The second-order valence-corrected chi connectivity index (χ2v) is 4.83. The third kappa shape index (κ3) is 2.82. The first-order valence-electron chi connectivity index (χ1n) is 6.42. The van der Waals surface area contributed by atoms with E-state index in [9.17, 15) is 9.50 Å². The third-order valence-electron chi connectivity index (χ3n) is 3.24. The third-order valence-corrected chi connectivity index (χ3v) is 3.24. The molecular formula is C14H20FNO2. The predicted octanol–water partition coefficient (Wildman–Crippen LogP) is 2.49. The Labute approximate surface area is 107 Å². The Bertz CT molecular complexity index is 409. The van der Waals surface area contributed by atoms with Gasteiger partial charge in [-0.25, -0.2) is 4.39 Å². The van der Waals surface area contributed by atoms with Crippen molar-refractivity contribution < 1.29 is 14.2 Å². The number of hydrogen-bond acceptors (Lipinski definition) is 3. The van der Waals surface area contributed by atoms with Gasteiger partial charge in [0.1, 0.15) is 5.82 Å². The normalized spacial score (nSPS) is 22.7. The van der Waals surface area contributed by atoms with Crippen molar-refractivity contribution in [3.8, 4) is 0 Å². The summed E-state index contributed by atoms with van der Waals surface area (Å²) in [5.41, 5.74) is 1.16. The van der Waals surface area contributed by atoms with Crippen molar-refractivity contribution in [1.29, 1.82) is 0 Å². The second-order valence-electron chi connectivity index (χ2n) is 4.83. The molecule has 0 radical (unpaired) electrons. The van der Waals surface area contributed by atoms with Gasteiger partial charge in [0.25, 0.3) is 0 Å². The molecule has 0 aliphatic carbocycles. The van der Waals surface area contributed by atoms with Crippen molar-refractivity contribution in [1.82, 2.24) is 0 Å². The molecule has 1 aromatic carbocycles. The van der Waals surface area contributed by atoms with E-state index in [-0.39, 0.29) is 11.9 Å². The fraction of sp³-hybridized carbons (Fsp3) is 0.571. The summed E-state index contributed by atoms with van der Waals surface area (Å²) < 4.78 is 19.4. The number of aliphatic hydroxyl groups excluding tert-OH is 1. The zero-order valence-corrected chi connectivity index (χ0v) is 10.9. The van der Waals surface area contributed by atoms with E-state index in [0.29, 0.717) is 5.56 Å². The van der Waals surface area contributed by atoms with E-state index in [1.165, 1.54) is 6.07 Å². The summed E-state index contributed by atoms with van der Waals surface area (Å²) in [6.07, 6.45) is 0.235. The summed E-state index contributed by atoms with van der Waals surface area (Å²) in [6, 6.07) is 4.94. The smallest absolute Gasteiger partial charge is 0.131 e. The minimum Gasteiger partial charge on any atom is -0.389 e. The number of aliphatic hydroxyl groups is 1. The Hall–Kier alpha value is -1.13. The van der Waals surface area contributed by atoms with Crippen LogP contribution in [0.1, 0.15) is 31.9 Å². The number of hydrogen-bond donors (Lipinski definition) is 1. The average Bonchev–Trinajstić information content (AvgIpc) is 2.53. The van der Waals surface area contributed by atoms with Gasteiger partial charge < -0.3 is 14.7 Å². The molecular weight excluding hydrogens is 233 g/mol. The van der Waals surface area contributed by atoms with Crippen LogP contribution in [0.25, 0.3) is 0 Å². The van der Waals surface area contributed by atoms with Crippen molar-refractivity contribution in [2.24, 2.45) is 0 Å². The summed E-state index contributed by atoms with van der Waals surface area (Å²) in [4.78, 5) is 2.10. The minimum atomic E-state index is -0.805. The van der Waals surface area contributed by atoms with Crippen LogP contribution < -0.4 is 4.90 Å². The molecule has 100 valence electrons. The van der Waals surface area contributed by atoms with Gasteiger partial charge in [0.15, 0.2) is 0 Å². The van der Waals surface area contributed by atoms with Crippen LogP contribution in [-0.2, 0) is 4.74 Å². The van der Waals surface area contributed by atoms with Crippen molar-refractivity contribution >= 4 is 5.69 Å². The van der Waals surface area contributed by atoms with Crippen LogP contribution in [-0.4, -0.2) is 30.9 Å². The molecule has 1 N–H and O–H groups in total. The van der Waals surface area contributed by atoms with Crippen molar-refractivity contribution in [3.05, 3.63) is 29.6 Å². The largest absolute Gasteiger partial charge is 0.389 e. The van der Waals surface area contributed by atoms with Gasteiger partial charge in [0.2, 0.25) is 0 Å². The molecule has 2 rings (SSSR count). The van der Waals surface area contributed by atoms with E-state index in [1.54, 1.807) is 13.0 Å². The fourth-order valence-electron chi connectivity index (χ4n) is 2.43. The first-order valence-corrected chi connectivity index (χ1v) is 6.42. The molecule has 1 aliphatic rings. The Kier molecular flexibility index (Phi) is 4.19. The zero-order chi connectivity index (χ0) is 13.1. The Morgan fingerprint density at radius 3 is 3.00 bits per heavy atom. The van der Waals surface area contributed by atoms with Gasteiger partial charge in [0.05, 0.1) is 12.2 Å². The SMILES string of the molecule is CC1CN(c2cccc(F)c2[C@H](C)O)CCCO1. The molecule has 1 aromatic rings. The Morgan fingerprint density at radius 2 is 2.28 bits per heavy atom. The monoisotopic (exact) mass is 253 g/mol. The molecule has 0 amide bonds. The van der Waals surface area contributed by atoms with Crippen molar-refractivity contribution in [2.75, 3.05) is 24.6 Å². The molecule has 1 saturated heterocycles. The second kappa shape index (κ2) is 5.67. The van der Waals surface area contributed by atoms with Crippen LogP contribution in [0.15, 0.2) is 18.2 Å². The first-order chi connectivity index (χ1) is 8.59. The van der Waals surface area contributed by atoms with Gasteiger partial charge in [-0.3, -0.25) is 0 Å². The molecule has 1 unspecified atom stereocenters. The van der Waals surface area contributed by atoms with Crippen LogP contribution in [0.4, 0.5) is 10.1 Å². The lowest BCUT2D eigenvalue weighted by Crippen LogP contribution is -2.31. The number of ether oxygens (including phenoxy) is 1. The lowest BCUT2D eigenvalue weighted by molar-refractivity contribution is 0.0820. The summed E-state index contributed by atoms with van der Waals surface area (Å²) >= 11 is 0. The lowest BCUT2D eigenvalue weighted by Gasteiger charge is -2.27. The molecule has 18 heavy (non-hydrogen) atoms. The molecule has 1 aliphatic heterocycles. The van der Waals surface area contributed by atoms with Gasteiger partial charge in [-0.1, -0.05) is 6.07 Å². The Balaban J connectivity index is 2.34. The lowest BCUT2D eigenvalue weighted by atomic mass is 10.1. The summed E-state index contributed by atoms with van der Waals surface area (Å²) in [6.45, 7) is 5.90. The maximum atomic E-state index is 13.8. The number of halogens is 1. The zero-order valence-electron chi connectivity index (χ0n) is 10.9. The minimum absolute atomic E-state index is 0.123. The van der Waals surface area contributed by atoms with E-state index >= 15 is 0 Å². The predicted molar refractivity (Wildman–Crippen MR) is 69.3 cm³/mol. The number of nitrogens with zero attached hydrogens (tertiary/aromatic N) is 1. The molecule has 0 bridgehead atoms. The molecule has 0 saturated carbocycles. The van der Waals surface area contributed by atoms with Gasteiger partial charge in [0, 0.05) is 30.9 Å². The van der Waals surface area contributed by atoms with Crippen LogP contribution >= 0.6 is 0 Å². The molecule has 1 heterocycles. The van der Waals surface area contributed by atoms with Crippen LogP contribution in [0.2, 0.25) is 0 Å². The highest BCUT2D eigenvalue weighted by molar-refractivity contribution is 5.55. The van der Waals surface area contributed by atoms with E-state index in [0.717, 1.165) is 31.8 Å². The van der Waals surface area contributed by atoms with E-state index in [2.05, 4.69) is 4.90 Å². The fourth-order valence-corrected chi connectivity index (χ4v) is 2.43. The average molecular weight is 253 g/mol. The molecule has 2 atom stereocenters. The van der Waals surface area contributed by atoms with Crippen molar-refractivity contribution in [2.45, 2.75) is 32.5 Å². The van der Waals surface area contributed by atoms with Gasteiger partial charge in [-0.05, 0) is 32.4 Å². The molecule has 0 spiro atoms. The van der Waals surface area contributed by atoms with Crippen molar-refractivity contribution in [3.63, 3.8) is 0 Å². The highest BCUT2D eigenvalue weighted by Gasteiger charge is 2.21. The quantitative estimate of drug-likeness (QED) is 0.879. The number of benzene rings is 1. The maximum absolute atomic E-state index is 13.8. The molecule has 0 aromatic heterocycles. The molecule has 4 heteroatoms. The summed E-state index contributed by atoms with van der Waals surface area (Å²) in [7, 11) is 0. The van der Waals surface area contributed by atoms with Crippen LogP contribution in [0.5, 0.6) is 0 Å². The molecule has 1 fully saturated rings. The van der Waals surface area contributed by atoms with Crippen LogP contribution in [0, 0.1) is 5.82 Å². The Morgan fingerprint density at radius 1 is 1.50 bits per heavy atom. The van der Waals surface area contributed by atoms with E-state index in [4.69, 9.17) is 4.74 Å². The summed E-state index contributed by atoms with van der Waals surface area (Å²) in [5.74, 6) is -0.347. The van der Waals surface area contributed by atoms with Crippen LogP contribution in [0.3, 0.4) is 0 Å². The van der Waals surface area contributed by atoms with E-state index < -0.39 is 6.10 Å². The van der Waals surface area contributed by atoms with Gasteiger partial charge >= 0.3 is 0 Å².